The molecule has 1 aromatic rings. The van der Waals surface area contributed by atoms with E-state index in [1.54, 1.807) is 6.92 Å². The van der Waals surface area contributed by atoms with Crippen LogP contribution < -0.4 is 10.5 Å². The first kappa shape index (κ1) is 14.5. The van der Waals surface area contributed by atoms with Gasteiger partial charge in [-0.3, -0.25) is 0 Å². The van der Waals surface area contributed by atoms with Crippen LogP contribution in [-0.2, 0) is 0 Å². The lowest BCUT2D eigenvalue weighted by Crippen LogP contribution is -2.34. The molecular weight excluding hydrogens is 224 g/mol. The second kappa shape index (κ2) is 5.88. The summed E-state index contributed by atoms with van der Waals surface area (Å²) >= 11 is 0. The number of rotatable bonds is 5. The van der Waals surface area contributed by atoms with Crippen molar-refractivity contribution in [1.29, 1.82) is 5.26 Å². The molecule has 3 heteroatoms. The molecule has 0 amide bonds. The molecule has 0 radical (unpaired) electrons. The highest BCUT2D eigenvalue weighted by Crippen LogP contribution is 2.23. The van der Waals surface area contributed by atoms with E-state index in [9.17, 15) is 0 Å². The molecular formula is C15H22N2O. The Morgan fingerprint density at radius 1 is 1.33 bits per heavy atom. The van der Waals surface area contributed by atoms with Crippen molar-refractivity contribution in [2.24, 2.45) is 5.73 Å². The zero-order valence-corrected chi connectivity index (χ0v) is 11.7. The van der Waals surface area contributed by atoms with Crippen molar-refractivity contribution < 1.29 is 4.74 Å². The second-order valence-electron chi connectivity index (χ2n) is 5.19. The molecule has 3 nitrogen and oxygen atoms in total. The second-order valence-corrected chi connectivity index (χ2v) is 5.19. The third-order valence-corrected chi connectivity index (χ3v) is 3.12. The van der Waals surface area contributed by atoms with Crippen LogP contribution in [0.25, 0.3) is 0 Å². The number of aryl methyl sites for hydroxylation is 2. The van der Waals surface area contributed by atoms with Gasteiger partial charge in [-0.1, -0.05) is 6.07 Å². The van der Waals surface area contributed by atoms with Crippen molar-refractivity contribution in [2.45, 2.75) is 46.1 Å². The molecule has 1 unspecified atom stereocenters. The molecule has 1 atom stereocenters. The summed E-state index contributed by atoms with van der Waals surface area (Å²) in [6.45, 7) is 8.55. The van der Waals surface area contributed by atoms with Crippen LogP contribution in [0.5, 0.6) is 5.75 Å². The van der Waals surface area contributed by atoms with Gasteiger partial charge in [0.25, 0.3) is 0 Å². The molecule has 18 heavy (non-hydrogen) atoms. The molecule has 0 aliphatic carbocycles. The third kappa shape index (κ3) is 4.05. The minimum atomic E-state index is -0.749. The molecule has 1 rings (SSSR count). The molecule has 2 N–H and O–H groups in total. The summed E-state index contributed by atoms with van der Waals surface area (Å²) < 4.78 is 5.77. The monoisotopic (exact) mass is 246 g/mol. The average Bonchev–Trinajstić information content (AvgIpc) is 2.30. The predicted octanol–water partition coefficient (Wildman–Crippen LogP) is 3.01. The first-order valence-corrected chi connectivity index (χ1v) is 6.26. The van der Waals surface area contributed by atoms with E-state index in [1.165, 1.54) is 16.7 Å². The maximum absolute atomic E-state index is 8.81. The van der Waals surface area contributed by atoms with E-state index in [4.69, 9.17) is 15.7 Å². The zero-order chi connectivity index (χ0) is 13.8. The lowest BCUT2D eigenvalue weighted by Gasteiger charge is -2.16. The fourth-order valence-electron chi connectivity index (χ4n) is 1.83. The fourth-order valence-corrected chi connectivity index (χ4v) is 1.83. The number of ether oxygens (including phenoxy) is 1. The normalized spacial score (nSPS) is 13.8. The van der Waals surface area contributed by atoms with E-state index in [0.29, 0.717) is 13.0 Å². The first-order chi connectivity index (χ1) is 8.35. The summed E-state index contributed by atoms with van der Waals surface area (Å²) in [5.41, 5.74) is 8.63. The highest BCUT2D eigenvalue weighted by Gasteiger charge is 2.16. The van der Waals surface area contributed by atoms with Crippen molar-refractivity contribution in [3.8, 4) is 11.8 Å². The highest BCUT2D eigenvalue weighted by molar-refractivity contribution is 5.41. The number of nitrogens with two attached hydrogens (primary N) is 1. The van der Waals surface area contributed by atoms with Crippen molar-refractivity contribution >= 4 is 0 Å². The minimum absolute atomic E-state index is 0.595. The zero-order valence-electron chi connectivity index (χ0n) is 11.7. The SMILES string of the molecule is Cc1cc(C)c(C)c(OCCCC(C)(N)C#N)c1. The molecule has 0 saturated heterocycles. The molecule has 0 aromatic heterocycles. The average molecular weight is 246 g/mol. The van der Waals surface area contributed by atoms with Gasteiger partial charge in [0.1, 0.15) is 11.3 Å². The highest BCUT2D eigenvalue weighted by atomic mass is 16.5. The number of nitrogens with zero attached hydrogens (tertiary/aromatic N) is 1. The van der Waals surface area contributed by atoms with Gasteiger partial charge in [0, 0.05) is 0 Å². The van der Waals surface area contributed by atoms with Crippen LogP contribution in [0.4, 0.5) is 0 Å². The van der Waals surface area contributed by atoms with Crippen molar-refractivity contribution in [2.75, 3.05) is 6.61 Å². The van der Waals surface area contributed by atoms with Crippen molar-refractivity contribution in [3.05, 3.63) is 28.8 Å². The Kier molecular flexibility index (Phi) is 4.75. The van der Waals surface area contributed by atoms with Gasteiger partial charge < -0.3 is 10.5 Å². The van der Waals surface area contributed by atoms with Crippen molar-refractivity contribution in [3.63, 3.8) is 0 Å². The van der Waals surface area contributed by atoms with Gasteiger partial charge in [-0.2, -0.15) is 5.26 Å². The largest absolute Gasteiger partial charge is 0.493 e. The smallest absolute Gasteiger partial charge is 0.122 e. The van der Waals surface area contributed by atoms with Crippen LogP contribution in [0.2, 0.25) is 0 Å². The fraction of sp³-hybridized carbons (Fsp3) is 0.533. The van der Waals surface area contributed by atoms with Crippen LogP contribution >= 0.6 is 0 Å². The summed E-state index contributed by atoms with van der Waals surface area (Å²) in [5.74, 6) is 0.934. The lowest BCUT2D eigenvalue weighted by molar-refractivity contribution is 0.294. The Morgan fingerprint density at radius 3 is 2.61 bits per heavy atom. The van der Waals surface area contributed by atoms with E-state index in [2.05, 4.69) is 32.9 Å². The Balaban J connectivity index is 2.53. The van der Waals surface area contributed by atoms with Gasteiger partial charge in [0.2, 0.25) is 0 Å². The van der Waals surface area contributed by atoms with Gasteiger partial charge >= 0.3 is 0 Å². The standard InChI is InChI=1S/C15H22N2O/c1-11-8-12(2)13(3)14(9-11)18-7-5-6-15(4,17)10-16/h8-9H,5-7,17H2,1-4H3. The number of nitriles is 1. The summed E-state index contributed by atoms with van der Waals surface area (Å²) in [4.78, 5) is 0. The first-order valence-electron chi connectivity index (χ1n) is 6.26. The quantitative estimate of drug-likeness (QED) is 0.812. The Hall–Kier alpha value is -1.53. The van der Waals surface area contributed by atoms with Gasteiger partial charge in [0.15, 0.2) is 0 Å². The van der Waals surface area contributed by atoms with Gasteiger partial charge in [-0.15, -0.1) is 0 Å². The van der Waals surface area contributed by atoms with Gasteiger partial charge in [0.05, 0.1) is 12.7 Å². The van der Waals surface area contributed by atoms with E-state index >= 15 is 0 Å². The number of benzene rings is 1. The summed E-state index contributed by atoms with van der Waals surface area (Å²) in [6, 6.07) is 6.29. The Labute approximate surface area is 110 Å². The van der Waals surface area contributed by atoms with Crippen LogP contribution in [-0.4, -0.2) is 12.1 Å². The summed E-state index contributed by atoms with van der Waals surface area (Å²) in [6.07, 6.45) is 1.43. The van der Waals surface area contributed by atoms with Crippen LogP contribution in [0, 0.1) is 32.1 Å². The Bertz CT molecular complexity index is 458. The molecule has 0 saturated carbocycles. The molecule has 0 heterocycles. The summed E-state index contributed by atoms with van der Waals surface area (Å²) in [7, 11) is 0. The van der Waals surface area contributed by atoms with Crippen LogP contribution in [0.3, 0.4) is 0 Å². The van der Waals surface area contributed by atoms with Gasteiger partial charge in [-0.05, 0) is 63.3 Å². The molecule has 98 valence electrons. The molecule has 0 fully saturated rings. The topological polar surface area (TPSA) is 59.0 Å². The molecule has 1 aromatic carbocycles. The van der Waals surface area contributed by atoms with E-state index < -0.39 is 5.54 Å². The number of hydrogen-bond acceptors (Lipinski definition) is 3. The van der Waals surface area contributed by atoms with E-state index in [-0.39, 0.29) is 0 Å². The predicted molar refractivity (Wildman–Crippen MR) is 73.6 cm³/mol. The van der Waals surface area contributed by atoms with E-state index in [0.717, 1.165) is 12.2 Å². The third-order valence-electron chi connectivity index (χ3n) is 3.12. The number of hydrogen-bond donors (Lipinski definition) is 1. The molecule has 0 spiro atoms. The Morgan fingerprint density at radius 2 is 2.00 bits per heavy atom. The van der Waals surface area contributed by atoms with E-state index in [1.807, 2.05) is 6.07 Å². The molecule has 0 aliphatic rings. The summed E-state index contributed by atoms with van der Waals surface area (Å²) in [5, 5.41) is 8.81. The van der Waals surface area contributed by atoms with Gasteiger partial charge in [-0.25, -0.2) is 0 Å². The lowest BCUT2D eigenvalue weighted by atomic mass is 10.00. The van der Waals surface area contributed by atoms with Crippen molar-refractivity contribution in [1.82, 2.24) is 0 Å². The minimum Gasteiger partial charge on any atom is -0.493 e. The maximum Gasteiger partial charge on any atom is 0.122 e. The van der Waals surface area contributed by atoms with Crippen LogP contribution in [0.1, 0.15) is 36.5 Å². The molecule has 0 aliphatic heterocycles. The maximum atomic E-state index is 8.81. The van der Waals surface area contributed by atoms with Crippen LogP contribution in [0.15, 0.2) is 12.1 Å². The molecule has 0 bridgehead atoms.